The van der Waals surface area contributed by atoms with Crippen LogP contribution in [0.25, 0.3) is 0 Å². The zero-order valence-corrected chi connectivity index (χ0v) is 16.1. The second-order valence-corrected chi connectivity index (χ2v) is 6.43. The molecule has 1 heterocycles. The van der Waals surface area contributed by atoms with Gasteiger partial charge in [0.1, 0.15) is 11.5 Å². The van der Waals surface area contributed by atoms with Gasteiger partial charge in [0.15, 0.2) is 5.78 Å². The van der Waals surface area contributed by atoms with Gasteiger partial charge in [0.05, 0.1) is 12.4 Å². The summed E-state index contributed by atoms with van der Waals surface area (Å²) in [4.78, 5) is 34.4. The average Bonchev–Trinajstić information content (AvgIpc) is 2.69. The van der Waals surface area contributed by atoms with E-state index >= 15 is 0 Å². The number of aryl methyl sites for hydroxylation is 1. The van der Waals surface area contributed by atoms with Crippen molar-refractivity contribution in [3.8, 4) is 0 Å². The summed E-state index contributed by atoms with van der Waals surface area (Å²) >= 11 is 0. The molecule has 0 saturated heterocycles. The maximum atomic E-state index is 12.8. The zero-order chi connectivity index (χ0) is 20.1. The van der Waals surface area contributed by atoms with Gasteiger partial charge in [0, 0.05) is 23.5 Å². The number of benzene rings is 2. The Balaban J connectivity index is 1.74. The Kier molecular flexibility index (Phi) is 5.79. The van der Waals surface area contributed by atoms with Crippen LogP contribution in [0.1, 0.15) is 40.3 Å². The molecule has 0 saturated carbocycles. The summed E-state index contributed by atoms with van der Waals surface area (Å²) in [5.74, 6) is 0.340. The highest BCUT2D eigenvalue weighted by molar-refractivity contribution is 6.04. The summed E-state index contributed by atoms with van der Waals surface area (Å²) in [5.41, 5.74) is 3.63. The SMILES string of the molecule is CCN(C(=O)c1cnc(Nc2ccc(C(C)=O)cc2)cn1)c1cccc(C)c1. The van der Waals surface area contributed by atoms with E-state index in [9.17, 15) is 9.59 Å². The molecule has 3 aromatic rings. The molecule has 1 N–H and O–H groups in total. The first kappa shape index (κ1) is 19.2. The van der Waals surface area contributed by atoms with Crippen LogP contribution in [0.3, 0.4) is 0 Å². The normalized spacial score (nSPS) is 10.4. The Hall–Kier alpha value is -3.54. The maximum absolute atomic E-state index is 12.8. The van der Waals surface area contributed by atoms with E-state index in [0.717, 1.165) is 16.9 Å². The average molecular weight is 374 g/mol. The number of carbonyl (C=O) groups excluding carboxylic acids is 2. The predicted octanol–water partition coefficient (Wildman–Crippen LogP) is 4.40. The van der Waals surface area contributed by atoms with E-state index in [1.54, 1.807) is 29.2 Å². The second-order valence-electron chi connectivity index (χ2n) is 6.43. The molecule has 0 unspecified atom stereocenters. The molecule has 6 nitrogen and oxygen atoms in total. The quantitative estimate of drug-likeness (QED) is 0.647. The molecule has 0 fully saturated rings. The Morgan fingerprint density at radius 3 is 2.36 bits per heavy atom. The van der Waals surface area contributed by atoms with Crippen LogP contribution in [-0.2, 0) is 0 Å². The first-order chi connectivity index (χ1) is 13.5. The van der Waals surface area contributed by atoms with Gasteiger partial charge in [-0.3, -0.25) is 9.59 Å². The van der Waals surface area contributed by atoms with Gasteiger partial charge in [0.25, 0.3) is 5.91 Å². The fourth-order valence-electron chi connectivity index (χ4n) is 2.82. The minimum absolute atomic E-state index is 0.0169. The lowest BCUT2D eigenvalue weighted by molar-refractivity contribution is 0.0981. The van der Waals surface area contributed by atoms with Gasteiger partial charge >= 0.3 is 0 Å². The fraction of sp³-hybridized carbons (Fsp3) is 0.182. The van der Waals surface area contributed by atoms with Gasteiger partial charge in [-0.05, 0) is 62.7 Å². The summed E-state index contributed by atoms with van der Waals surface area (Å²) in [6, 6.07) is 14.9. The lowest BCUT2D eigenvalue weighted by Crippen LogP contribution is -2.31. The van der Waals surface area contributed by atoms with E-state index in [1.807, 2.05) is 38.1 Å². The van der Waals surface area contributed by atoms with Crippen molar-refractivity contribution in [2.75, 3.05) is 16.8 Å². The standard InChI is InChI=1S/C22H22N4O2/c1-4-26(19-7-5-6-15(2)12-19)22(28)20-13-24-21(14-23-20)25-18-10-8-17(9-11-18)16(3)27/h5-14H,4H2,1-3H3,(H,24,25). The second kappa shape index (κ2) is 8.43. The molecule has 0 radical (unpaired) electrons. The van der Waals surface area contributed by atoms with E-state index in [0.29, 0.717) is 17.9 Å². The Labute approximate surface area is 164 Å². The minimum atomic E-state index is -0.196. The Morgan fingerprint density at radius 2 is 1.79 bits per heavy atom. The van der Waals surface area contributed by atoms with Crippen molar-refractivity contribution in [2.24, 2.45) is 0 Å². The maximum Gasteiger partial charge on any atom is 0.278 e. The summed E-state index contributed by atoms with van der Waals surface area (Å²) in [7, 11) is 0. The lowest BCUT2D eigenvalue weighted by atomic mass is 10.1. The van der Waals surface area contributed by atoms with Crippen molar-refractivity contribution >= 4 is 28.9 Å². The summed E-state index contributed by atoms with van der Waals surface area (Å²) in [6.07, 6.45) is 2.99. The molecule has 0 spiro atoms. The molecule has 0 aliphatic heterocycles. The van der Waals surface area contributed by atoms with Crippen molar-refractivity contribution < 1.29 is 9.59 Å². The van der Waals surface area contributed by atoms with Crippen LogP contribution in [0.4, 0.5) is 17.2 Å². The number of nitrogens with one attached hydrogen (secondary N) is 1. The number of hydrogen-bond donors (Lipinski definition) is 1. The van der Waals surface area contributed by atoms with Crippen LogP contribution in [0.2, 0.25) is 0 Å². The number of ketones is 1. The largest absolute Gasteiger partial charge is 0.339 e. The fourth-order valence-corrected chi connectivity index (χ4v) is 2.82. The highest BCUT2D eigenvalue weighted by Crippen LogP contribution is 2.19. The summed E-state index contributed by atoms with van der Waals surface area (Å²) in [5, 5.41) is 3.11. The molecule has 2 aromatic carbocycles. The summed E-state index contributed by atoms with van der Waals surface area (Å²) < 4.78 is 0. The topological polar surface area (TPSA) is 75.2 Å². The molecular formula is C22H22N4O2. The molecule has 28 heavy (non-hydrogen) atoms. The van der Waals surface area contributed by atoms with Gasteiger partial charge in [-0.2, -0.15) is 0 Å². The zero-order valence-electron chi connectivity index (χ0n) is 16.1. The lowest BCUT2D eigenvalue weighted by Gasteiger charge is -2.21. The van der Waals surface area contributed by atoms with Crippen molar-refractivity contribution in [1.29, 1.82) is 0 Å². The molecule has 0 aliphatic carbocycles. The molecule has 1 aromatic heterocycles. The molecule has 142 valence electrons. The van der Waals surface area contributed by atoms with E-state index in [-0.39, 0.29) is 17.4 Å². The first-order valence-electron chi connectivity index (χ1n) is 9.06. The number of Topliss-reactive ketones (excluding diaryl/α,β-unsaturated/α-hetero) is 1. The van der Waals surface area contributed by atoms with Gasteiger partial charge in [0.2, 0.25) is 0 Å². The molecule has 3 rings (SSSR count). The highest BCUT2D eigenvalue weighted by atomic mass is 16.2. The van der Waals surface area contributed by atoms with Crippen LogP contribution in [0.15, 0.2) is 60.9 Å². The number of amides is 1. The van der Waals surface area contributed by atoms with E-state index in [1.165, 1.54) is 19.3 Å². The number of hydrogen-bond acceptors (Lipinski definition) is 5. The molecule has 0 aliphatic rings. The monoisotopic (exact) mass is 374 g/mol. The summed E-state index contributed by atoms with van der Waals surface area (Å²) in [6.45, 7) is 5.98. The third-order valence-corrected chi connectivity index (χ3v) is 4.31. The predicted molar refractivity (Wildman–Crippen MR) is 110 cm³/mol. The van der Waals surface area contributed by atoms with Crippen LogP contribution in [0, 0.1) is 6.92 Å². The van der Waals surface area contributed by atoms with E-state index in [2.05, 4.69) is 15.3 Å². The van der Waals surface area contributed by atoms with E-state index in [4.69, 9.17) is 0 Å². The molecular weight excluding hydrogens is 352 g/mol. The molecule has 1 amide bonds. The molecule has 0 atom stereocenters. The van der Waals surface area contributed by atoms with Gasteiger partial charge in [-0.15, -0.1) is 0 Å². The third-order valence-electron chi connectivity index (χ3n) is 4.31. The minimum Gasteiger partial charge on any atom is -0.339 e. The highest BCUT2D eigenvalue weighted by Gasteiger charge is 2.18. The third kappa shape index (κ3) is 4.40. The van der Waals surface area contributed by atoms with Crippen LogP contribution in [-0.4, -0.2) is 28.2 Å². The van der Waals surface area contributed by atoms with E-state index < -0.39 is 0 Å². The number of nitrogens with zero attached hydrogens (tertiary/aromatic N) is 3. The number of carbonyl (C=O) groups is 2. The number of aromatic nitrogens is 2. The van der Waals surface area contributed by atoms with Crippen molar-refractivity contribution in [3.05, 3.63) is 77.7 Å². The number of rotatable bonds is 6. The van der Waals surface area contributed by atoms with Crippen LogP contribution >= 0.6 is 0 Å². The van der Waals surface area contributed by atoms with Gasteiger partial charge in [-0.1, -0.05) is 12.1 Å². The smallest absolute Gasteiger partial charge is 0.278 e. The first-order valence-corrected chi connectivity index (χ1v) is 9.06. The van der Waals surface area contributed by atoms with Crippen molar-refractivity contribution in [2.45, 2.75) is 20.8 Å². The molecule has 6 heteroatoms. The molecule has 0 bridgehead atoms. The number of anilines is 3. The van der Waals surface area contributed by atoms with Gasteiger partial charge in [-0.25, -0.2) is 9.97 Å². The van der Waals surface area contributed by atoms with Crippen LogP contribution in [0.5, 0.6) is 0 Å². The Morgan fingerprint density at radius 1 is 1.04 bits per heavy atom. The van der Waals surface area contributed by atoms with Gasteiger partial charge < -0.3 is 10.2 Å². The van der Waals surface area contributed by atoms with Crippen molar-refractivity contribution in [1.82, 2.24) is 9.97 Å². The Bertz CT molecular complexity index is 982. The van der Waals surface area contributed by atoms with Crippen LogP contribution < -0.4 is 10.2 Å². The van der Waals surface area contributed by atoms with Crippen molar-refractivity contribution in [3.63, 3.8) is 0 Å².